The van der Waals surface area contributed by atoms with Gasteiger partial charge >= 0.3 is 0 Å². The van der Waals surface area contributed by atoms with Crippen LogP contribution in [0.4, 0.5) is 21.5 Å². The average molecular weight is 341 g/mol. The summed E-state index contributed by atoms with van der Waals surface area (Å²) in [6.45, 7) is 4.59. The van der Waals surface area contributed by atoms with E-state index in [2.05, 4.69) is 34.6 Å². The second kappa shape index (κ2) is 8.01. The molecule has 1 fully saturated rings. The molecule has 1 amide bonds. The average Bonchev–Trinajstić information content (AvgIpc) is 2.63. The standard InChI is InChI=1S/C20H24FN3O/c1-15-10-12-24(13-11-15)17-8-6-16(7-9-17)22-14-20(25)23-19-5-3-2-4-18(19)21/h2-9,15,22H,10-14H2,1H3,(H,23,25). The third-order valence-corrected chi connectivity index (χ3v) is 4.62. The number of benzene rings is 2. The minimum absolute atomic E-state index is 0.0922. The molecule has 0 spiro atoms. The van der Waals surface area contributed by atoms with E-state index < -0.39 is 5.82 Å². The van der Waals surface area contributed by atoms with Crippen molar-refractivity contribution in [3.63, 3.8) is 0 Å². The molecule has 0 aromatic heterocycles. The first-order valence-corrected chi connectivity index (χ1v) is 8.75. The zero-order chi connectivity index (χ0) is 17.6. The molecule has 1 heterocycles. The first kappa shape index (κ1) is 17.3. The van der Waals surface area contributed by atoms with Crippen LogP contribution in [-0.4, -0.2) is 25.5 Å². The molecule has 0 radical (unpaired) electrons. The Kier molecular flexibility index (Phi) is 5.53. The van der Waals surface area contributed by atoms with Crippen molar-refractivity contribution in [1.29, 1.82) is 0 Å². The van der Waals surface area contributed by atoms with E-state index in [4.69, 9.17) is 0 Å². The van der Waals surface area contributed by atoms with Gasteiger partial charge in [0.15, 0.2) is 0 Å². The van der Waals surface area contributed by atoms with Crippen LogP contribution in [0, 0.1) is 11.7 Å². The molecule has 5 heteroatoms. The zero-order valence-electron chi connectivity index (χ0n) is 14.5. The summed E-state index contributed by atoms with van der Waals surface area (Å²) in [5.74, 6) is 0.0976. The number of hydrogen-bond acceptors (Lipinski definition) is 3. The number of hydrogen-bond donors (Lipinski definition) is 2. The van der Waals surface area contributed by atoms with Gasteiger partial charge in [0.1, 0.15) is 5.82 Å². The number of para-hydroxylation sites is 1. The summed E-state index contributed by atoms with van der Waals surface area (Å²) < 4.78 is 13.5. The number of nitrogens with zero attached hydrogens (tertiary/aromatic N) is 1. The Morgan fingerprint density at radius 3 is 2.48 bits per heavy atom. The third-order valence-electron chi connectivity index (χ3n) is 4.62. The second-order valence-corrected chi connectivity index (χ2v) is 6.60. The summed E-state index contributed by atoms with van der Waals surface area (Å²) in [4.78, 5) is 14.3. The molecular weight excluding hydrogens is 317 g/mol. The van der Waals surface area contributed by atoms with Gasteiger partial charge < -0.3 is 15.5 Å². The van der Waals surface area contributed by atoms with Crippen LogP contribution in [0.15, 0.2) is 48.5 Å². The van der Waals surface area contributed by atoms with Crippen molar-refractivity contribution < 1.29 is 9.18 Å². The Bertz CT molecular complexity index is 709. The van der Waals surface area contributed by atoms with E-state index in [1.807, 2.05) is 12.1 Å². The maximum atomic E-state index is 13.5. The fourth-order valence-electron chi connectivity index (χ4n) is 3.00. The minimum atomic E-state index is -0.434. The molecule has 1 saturated heterocycles. The van der Waals surface area contributed by atoms with Gasteiger partial charge in [0.25, 0.3) is 0 Å². The molecule has 25 heavy (non-hydrogen) atoms. The van der Waals surface area contributed by atoms with Crippen molar-refractivity contribution in [2.45, 2.75) is 19.8 Å². The van der Waals surface area contributed by atoms with E-state index in [1.54, 1.807) is 18.2 Å². The highest BCUT2D eigenvalue weighted by molar-refractivity contribution is 5.93. The van der Waals surface area contributed by atoms with Crippen molar-refractivity contribution in [1.82, 2.24) is 0 Å². The lowest BCUT2D eigenvalue weighted by atomic mass is 9.99. The normalized spacial score (nSPS) is 15.0. The summed E-state index contributed by atoms with van der Waals surface area (Å²) in [5.41, 5.74) is 2.29. The van der Waals surface area contributed by atoms with Crippen LogP contribution in [0.25, 0.3) is 0 Å². The largest absolute Gasteiger partial charge is 0.376 e. The number of piperidine rings is 1. The Morgan fingerprint density at radius 1 is 1.12 bits per heavy atom. The van der Waals surface area contributed by atoms with Gasteiger partial charge in [0.05, 0.1) is 12.2 Å². The number of halogens is 1. The van der Waals surface area contributed by atoms with E-state index >= 15 is 0 Å². The predicted molar refractivity (Wildman–Crippen MR) is 101 cm³/mol. The van der Waals surface area contributed by atoms with E-state index in [0.29, 0.717) is 0 Å². The molecule has 0 bridgehead atoms. The highest BCUT2D eigenvalue weighted by Crippen LogP contribution is 2.24. The lowest BCUT2D eigenvalue weighted by Gasteiger charge is -2.32. The highest BCUT2D eigenvalue weighted by atomic mass is 19.1. The summed E-state index contributed by atoms with van der Waals surface area (Å²) in [5, 5.41) is 5.63. The van der Waals surface area contributed by atoms with Crippen molar-refractivity contribution in [3.05, 3.63) is 54.3 Å². The molecule has 1 aliphatic rings. The summed E-state index contributed by atoms with van der Waals surface area (Å²) >= 11 is 0. The molecule has 2 N–H and O–H groups in total. The number of rotatable bonds is 5. The van der Waals surface area contributed by atoms with E-state index in [9.17, 15) is 9.18 Å². The van der Waals surface area contributed by atoms with Gasteiger partial charge in [-0.05, 0) is 55.2 Å². The molecule has 132 valence electrons. The number of anilines is 3. The van der Waals surface area contributed by atoms with Crippen molar-refractivity contribution in [2.24, 2.45) is 5.92 Å². The molecule has 0 atom stereocenters. The summed E-state index contributed by atoms with van der Waals surface area (Å²) in [7, 11) is 0. The van der Waals surface area contributed by atoms with Gasteiger partial charge in [-0.15, -0.1) is 0 Å². The lowest BCUT2D eigenvalue weighted by Crippen LogP contribution is -2.32. The van der Waals surface area contributed by atoms with Gasteiger partial charge in [-0.2, -0.15) is 0 Å². The van der Waals surface area contributed by atoms with Crippen LogP contribution >= 0.6 is 0 Å². The van der Waals surface area contributed by atoms with Gasteiger partial charge in [0, 0.05) is 24.5 Å². The van der Waals surface area contributed by atoms with Gasteiger partial charge in [-0.25, -0.2) is 4.39 Å². The van der Waals surface area contributed by atoms with Crippen molar-refractivity contribution in [3.8, 4) is 0 Å². The van der Waals surface area contributed by atoms with Crippen molar-refractivity contribution >= 4 is 23.0 Å². The zero-order valence-corrected chi connectivity index (χ0v) is 14.5. The molecule has 3 rings (SSSR count). The molecule has 0 saturated carbocycles. The molecular formula is C20H24FN3O. The molecule has 0 unspecified atom stereocenters. The Morgan fingerprint density at radius 2 is 1.80 bits per heavy atom. The smallest absolute Gasteiger partial charge is 0.243 e. The topological polar surface area (TPSA) is 44.4 Å². The maximum absolute atomic E-state index is 13.5. The molecule has 2 aromatic rings. The van der Waals surface area contributed by atoms with Crippen molar-refractivity contribution in [2.75, 3.05) is 35.2 Å². The number of amides is 1. The van der Waals surface area contributed by atoms with E-state index in [0.717, 1.165) is 24.7 Å². The number of carbonyl (C=O) groups excluding carboxylic acids is 1. The van der Waals surface area contributed by atoms with Crippen LogP contribution in [0.5, 0.6) is 0 Å². The Labute approximate surface area is 148 Å². The Balaban J connectivity index is 1.50. The summed E-state index contributed by atoms with van der Waals surface area (Å²) in [6, 6.07) is 14.2. The number of nitrogens with one attached hydrogen (secondary N) is 2. The predicted octanol–water partition coefficient (Wildman–Crippen LogP) is 4.11. The van der Waals surface area contributed by atoms with E-state index in [1.165, 1.54) is 24.6 Å². The monoisotopic (exact) mass is 341 g/mol. The van der Waals surface area contributed by atoms with Crippen LogP contribution in [-0.2, 0) is 4.79 Å². The fourth-order valence-corrected chi connectivity index (χ4v) is 3.00. The lowest BCUT2D eigenvalue weighted by molar-refractivity contribution is -0.114. The number of carbonyl (C=O) groups is 1. The van der Waals surface area contributed by atoms with E-state index in [-0.39, 0.29) is 18.1 Å². The van der Waals surface area contributed by atoms with Gasteiger partial charge in [0.2, 0.25) is 5.91 Å². The van der Waals surface area contributed by atoms with Crippen LogP contribution in [0.3, 0.4) is 0 Å². The first-order valence-electron chi connectivity index (χ1n) is 8.75. The van der Waals surface area contributed by atoms with Crippen LogP contribution in [0.2, 0.25) is 0 Å². The summed E-state index contributed by atoms with van der Waals surface area (Å²) in [6.07, 6.45) is 2.46. The van der Waals surface area contributed by atoms with Gasteiger partial charge in [-0.1, -0.05) is 19.1 Å². The molecule has 1 aliphatic heterocycles. The maximum Gasteiger partial charge on any atom is 0.243 e. The second-order valence-electron chi connectivity index (χ2n) is 6.60. The SMILES string of the molecule is CC1CCN(c2ccc(NCC(=O)Nc3ccccc3F)cc2)CC1. The Hall–Kier alpha value is -2.56. The molecule has 0 aliphatic carbocycles. The quantitative estimate of drug-likeness (QED) is 0.860. The van der Waals surface area contributed by atoms with Crippen LogP contribution < -0.4 is 15.5 Å². The van der Waals surface area contributed by atoms with Gasteiger partial charge in [-0.3, -0.25) is 4.79 Å². The molecule has 2 aromatic carbocycles. The molecule has 4 nitrogen and oxygen atoms in total. The minimum Gasteiger partial charge on any atom is -0.376 e. The fraction of sp³-hybridized carbons (Fsp3) is 0.350. The van der Waals surface area contributed by atoms with Crippen LogP contribution in [0.1, 0.15) is 19.8 Å². The third kappa shape index (κ3) is 4.72. The first-order chi connectivity index (χ1) is 12.1. The highest BCUT2D eigenvalue weighted by Gasteiger charge is 2.15.